The number of hydrogen-bond acceptors (Lipinski definition) is 5. The summed E-state index contributed by atoms with van der Waals surface area (Å²) >= 11 is 3.44. The van der Waals surface area contributed by atoms with E-state index in [1.54, 1.807) is 7.11 Å². The van der Waals surface area contributed by atoms with Crippen molar-refractivity contribution in [2.24, 2.45) is 0 Å². The van der Waals surface area contributed by atoms with E-state index < -0.39 is 0 Å². The zero-order chi connectivity index (χ0) is 16.2. The largest absolute Gasteiger partial charge is 0.497 e. The number of benzene rings is 2. The summed E-state index contributed by atoms with van der Waals surface area (Å²) in [5, 5.41) is 0. The lowest BCUT2D eigenvalue weighted by molar-refractivity contribution is -0.144. The number of fused-ring (bicyclic) bond motifs is 1. The summed E-state index contributed by atoms with van der Waals surface area (Å²) in [6.07, 6.45) is 0.214. The fourth-order valence-electron chi connectivity index (χ4n) is 2.19. The van der Waals surface area contributed by atoms with Gasteiger partial charge in [0.05, 0.1) is 13.5 Å². The Hall–Kier alpha value is -2.21. The Bertz CT molecular complexity index is 712. The average Bonchev–Trinajstić information content (AvgIpc) is 3.00. The van der Waals surface area contributed by atoms with Crippen LogP contribution in [0.15, 0.2) is 40.9 Å². The standard InChI is InChI=1S/C17H15BrO5/c1-20-13-4-2-11(3-5-13)6-17(19)21-9-12-7-15-16(8-14(12)18)23-10-22-15/h2-5,7-8H,6,9-10H2,1H3. The van der Waals surface area contributed by atoms with Crippen molar-refractivity contribution in [2.75, 3.05) is 13.9 Å². The van der Waals surface area contributed by atoms with Crippen LogP contribution in [0.3, 0.4) is 0 Å². The number of hydrogen-bond donors (Lipinski definition) is 0. The number of halogens is 1. The Balaban J connectivity index is 1.58. The molecule has 6 heteroatoms. The molecule has 0 unspecified atom stereocenters. The molecular weight excluding hydrogens is 364 g/mol. The van der Waals surface area contributed by atoms with Crippen molar-refractivity contribution >= 4 is 21.9 Å². The van der Waals surface area contributed by atoms with Gasteiger partial charge in [-0.2, -0.15) is 0 Å². The lowest BCUT2D eigenvalue weighted by Crippen LogP contribution is -2.08. The molecule has 0 bridgehead atoms. The average molecular weight is 379 g/mol. The highest BCUT2D eigenvalue weighted by Crippen LogP contribution is 2.37. The molecule has 2 aromatic rings. The molecule has 1 aliphatic rings. The molecule has 2 aromatic carbocycles. The fraction of sp³-hybridized carbons (Fsp3) is 0.235. The number of carbonyl (C=O) groups is 1. The van der Waals surface area contributed by atoms with Gasteiger partial charge >= 0.3 is 5.97 Å². The van der Waals surface area contributed by atoms with Crippen LogP contribution in [0.1, 0.15) is 11.1 Å². The maximum atomic E-state index is 12.0. The summed E-state index contributed by atoms with van der Waals surface area (Å²) in [6, 6.07) is 10.9. The Labute approximate surface area is 142 Å². The van der Waals surface area contributed by atoms with Crippen molar-refractivity contribution in [2.45, 2.75) is 13.0 Å². The van der Waals surface area contributed by atoms with Gasteiger partial charge in [0.25, 0.3) is 0 Å². The van der Waals surface area contributed by atoms with Crippen LogP contribution in [-0.4, -0.2) is 19.9 Å². The van der Waals surface area contributed by atoms with Gasteiger partial charge in [-0.3, -0.25) is 4.79 Å². The smallest absolute Gasteiger partial charge is 0.310 e. The van der Waals surface area contributed by atoms with Gasteiger partial charge in [0.1, 0.15) is 12.4 Å². The van der Waals surface area contributed by atoms with Gasteiger partial charge in [0.15, 0.2) is 11.5 Å². The molecule has 0 saturated heterocycles. The minimum atomic E-state index is -0.292. The van der Waals surface area contributed by atoms with Gasteiger partial charge in [-0.05, 0) is 29.8 Å². The molecule has 0 fully saturated rings. The molecule has 0 aromatic heterocycles. The highest BCUT2D eigenvalue weighted by molar-refractivity contribution is 9.10. The van der Waals surface area contributed by atoms with Gasteiger partial charge in [0, 0.05) is 10.0 Å². The fourth-order valence-corrected chi connectivity index (χ4v) is 2.63. The van der Waals surface area contributed by atoms with E-state index in [1.165, 1.54) is 0 Å². The van der Waals surface area contributed by atoms with E-state index in [2.05, 4.69) is 15.9 Å². The van der Waals surface area contributed by atoms with Crippen molar-refractivity contribution in [1.82, 2.24) is 0 Å². The number of methoxy groups -OCH3 is 1. The van der Waals surface area contributed by atoms with Crippen LogP contribution in [0, 0.1) is 0 Å². The lowest BCUT2D eigenvalue weighted by Gasteiger charge is -2.08. The lowest BCUT2D eigenvalue weighted by atomic mass is 10.1. The monoisotopic (exact) mass is 378 g/mol. The topological polar surface area (TPSA) is 54.0 Å². The van der Waals surface area contributed by atoms with Crippen molar-refractivity contribution in [3.8, 4) is 17.2 Å². The number of ether oxygens (including phenoxy) is 4. The molecule has 23 heavy (non-hydrogen) atoms. The minimum Gasteiger partial charge on any atom is -0.497 e. The van der Waals surface area contributed by atoms with E-state index in [1.807, 2.05) is 36.4 Å². The maximum absolute atomic E-state index is 12.0. The summed E-state index contributed by atoms with van der Waals surface area (Å²) < 4.78 is 21.8. The first kappa shape index (κ1) is 15.7. The van der Waals surface area contributed by atoms with Crippen molar-refractivity contribution in [3.05, 3.63) is 52.0 Å². The van der Waals surface area contributed by atoms with E-state index in [4.69, 9.17) is 18.9 Å². The summed E-state index contributed by atoms with van der Waals surface area (Å²) in [5.74, 6) is 1.81. The van der Waals surface area contributed by atoms with E-state index in [0.29, 0.717) is 11.5 Å². The van der Waals surface area contributed by atoms with Crippen LogP contribution in [0.25, 0.3) is 0 Å². The number of carbonyl (C=O) groups excluding carboxylic acids is 1. The van der Waals surface area contributed by atoms with Crippen LogP contribution < -0.4 is 14.2 Å². The molecule has 1 heterocycles. The third-order valence-electron chi connectivity index (χ3n) is 3.44. The van der Waals surface area contributed by atoms with Crippen LogP contribution >= 0.6 is 15.9 Å². The molecule has 120 valence electrons. The molecule has 1 aliphatic heterocycles. The van der Waals surface area contributed by atoms with Crippen molar-refractivity contribution in [1.29, 1.82) is 0 Å². The molecule has 0 atom stereocenters. The highest BCUT2D eigenvalue weighted by atomic mass is 79.9. The molecule has 0 N–H and O–H groups in total. The van der Waals surface area contributed by atoms with Gasteiger partial charge in [0.2, 0.25) is 6.79 Å². The molecule has 0 aliphatic carbocycles. The molecule has 5 nitrogen and oxygen atoms in total. The van der Waals surface area contributed by atoms with Crippen LogP contribution in [0.4, 0.5) is 0 Å². The van der Waals surface area contributed by atoms with Gasteiger partial charge in [-0.25, -0.2) is 0 Å². The summed E-state index contributed by atoms with van der Waals surface area (Å²) in [6.45, 7) is 0.384. The van der Waals surface area contributed by atoms with E-state index in [0.717, 1.165) is 21.3 Å². The summed E-state index contributed by atoms with van der Waals surface area (Å²) in [5.41, 5.74) is 1.71. The van der Waals surface area contributed by atoms with E-state index in [9.17, 15) is 4.79 Å². The Morgan fingerprint density at radius 3 is 2.57 bits per heavy atom. The first-order chi connectivity index (χ1) is 11.2. The molecule has 0 spiro atoms. The van der Waals surface area contributed by atoms with Crippen LogP contribution in [0.5, 0.6) is 17.2 Å². The van der Waals surface area contributed by atoms with E-state index in [-0.39, 0.29) is 25.8 Å². The van der Waals surface area contributed by atoms with Gasteiger partial charge < -0.3 is 18.9 Å². The van der Waals surface area contributed by atoms with Crippen LogP contribution in [-0.2, 0) is 22.6 Å². The number of esters is 1. The highest BCUT2D eigenvalue weighted by Gasteiger charge is 2.17. The second-order valence-electron chi connectivity index (χ2n) is 4.98. The third kappa shape index (κ3) is 3.76. The summed E-state index contributed by atoms with van der Waals surface area (Å²) in [7, 11) is 1.60. The van der Waals surface area contributed by atoms with Crippen molar-refractivity contribution in [3.63, 3.8) is 0 Å². The zero-order valence-corrected chi connectivity index (χ0v) is 14.1. The number of rotatable bonds is 5. The zero-order valence-electron chi connectivity index (χ0n) is 12.5. The molecular formula is C17H15BrO5. The van der Waals surface area contributed by atoms with E-state index >= 15 is 0 Å². The third-order valence-corrected chi connectivity index (χ3v) is 4.18. The quantitative estimate of drug-likeness (QED) is 0.745. The second-order valence-corrected chi connectivity index (χ2v) is 5.84. The Morgan fingerprint density at radius 2 is 1.87 bits per heavy atom. The predicted octanol–water partition coefficient (Wildman–Crippen LogP) is 3.47. The maximum Gasteiger partial charge on any atom is 0.310 e. The minimum absolute atomic E-state index is 0.173. The van der Waals surface area contributed by atoms with Gasteiger partial charge in [-0.1, -0.05) is 28.1 Å². The second kappa shape index (κ2) is 6.91. The SMILES string of the molecule is COc1ccc(CC(=O)OCc2cc3c(cc2Br)OCO3)cc1. The Kier molecular flexibility index (Phi) is 4.71. The summed E-state index contributed by atoms with van der Waals surface area (Å²) in [4.78, 5) is 12.0. The molecule has 3 rings (SSSR count). The normalized spacial score (nSPS) is 12.1. The molecule has 0 saturated carbocycles. The first-order valence-electron chi connectivity index (χ1n) is 7.02. The predicted molar refractivity (Wildman–Crippen MR) is 86.8 cm³/mol. The first-order valence-corrected chi connectivity index (χ1v) is 7.81. The van der Waals surface area contributed by atoms with Crippen molar-refractivity contribution < 1.29 is 23.7 Å². The molecule has 0 amide bonds. The Morgan fingerprint density at radius 1 is 1.17 bits per heavy atom. The molecule has 0 radical (unpaired) electrons. The van der Waals surface area contributed by atoms with Crippen LogP contribution in [0.2, 0.25) is 0 Å². The van der Waals surface area contributed by atoms with Gasteiger partial charge in [-0.15, -0.1) is 0 Å².